The van der Waals surface area contributed by atoms with E-state index < -0.39 is 29.3 Å². The zero-order chi connectivity index (χ0) is 18.2. The summed E-state index contributed by atoms with van der Waals surface area (Å²) >= 11 is 0. The van der Waals surface area contributed by atoms with E-state index in [2.05, 4.69) is 15.3 Å². The first-order valence-corrected chi connectivity index (χ1v) is 7.81. The molecule has 0 radical (unpaired) electrons. The summed E-state index contributed by atoms with van der Waals surface area (Å²) in [6.07, 6.45) is -2.94. The number of nitrogens with zero attached hydrogens (tertiary/aromatic N) is 2. The van der Waals surface area contributed by atoms with E-state index in [1.165, 1.54) is 6.20 Å². The largest absolute Gasteiger partial charge is 0.391 e. The van der Waals surface area contributed by atoms with Crippen molar-refractivity contribution >= 4 is 16.9 Å². The Morgan fingerprint density at radius 2 is 1.88 bits per heavy atom. The van der Waals surface area contributed by atoms with E-state index in [9.17, 15) is 27.1 Å². The van der Waals surface area contributed by atoms with Crippen molar-refractivity contribution in [1.29, 1.82) is 0 Å². The molecule has 136 valence electrons. The molecule has 1 heterocycles. The lowest BCUT2D eigenvalue weighted by atomic mass is 9.77. The zero-order valence-electron chi connectivity index (χ0n) is 13.1. The standard InChI is InChI=1S/C16H16F5N3O/c17-10-4-12-13(5-11(10)18)24-14(7-22-12)23-8-15(25)3-1-2-9(6-15)16(19,20)21/h4-5,7,9,25H,1-3,6,8H2,(H,23,24). The molecule has 2 N–H and O–H groups in total. The average molecular weight is 361 g/mol. The van der Waals surface area contributed by atoms with Crippen LogP contribution in [0.25, 0.3) is 11.0 Å². The molecule has 2 atom stereocenters. The van der Waals surface area contributed by atoms with Gasteiger partial charge in [0, 0.05) is 18.7 Å². The Labute approximate surface area is 140 Å². The number of nitrogens with one attached hydrogen (secondary N) is 1. The molecular weight excluding hydrogens is 345 g/mol. The SMILES string of the molecule is OC1(CNc2cnc3cc(F)c(F)cc3n2)CCCC(C(F)(F)F)C1. The number of hydrogen-bond donors (Lipinski definition) is 2. The molecular formula is C16H16F5N3O. The first-order chi connectivity index (χ1) is 11.7. The summed E-state index contributed by atoms with van der Waals surface area (Å²) in [6.45, 7) is -0.135. The van der Waals surface area contributed by atoms with Crippen LogP contribution in [0.1, 0.15) is 25.7 Å². The summed E-state index contributed by atoms with van der Waals surface area (Å²) in [5.74, 6) is -3.48. The van der Waals surface area contributed by atoms with E-state index in [0.717, 1.165) is 12.1 Å². The fourth-order valence-electron chi connectivity index (χ4n) is 3.13. The van der Waals surface area contributed by atoms with Crippen LogP contribution in [0.15, 0.2) is 18.3 Å². The van der Waals surface area contributed by atoms with Gasteiger partial charge >= 0.3 is 6.18 Å². The Kier molecular flexibility index (Phi) is 4.52. The van der Waals surface area contributed by atoms with Crippen LogP contribution in [0.3, 0.4) is 0 Å². The van der Waals surface area contributed by atoms with E-state index in [0.29, 0.717) is 0 Å². The number of aliphatic hydroxyl groups is 1. The van der Waals surface area contributed by atoms with Crippen molar-refractivity contribution in [2.24, 2.45) is 5.92 Å². The second-order valence-electron chi connectivity index (χ2n) is 6.42. The first kappa shape index (κ1) is 17.8. The molecule has 1 saturated carbocycles. The Bertz CT molecular complexity index is 782. The maximum atomic E-state index is 13.3. The van der Waals surface area contributed by atoms with Crippen molar-refractivity contribution in [3.8, 4) is 0 Å². The van der Waals surface area contributed by atoms with Crippen LogP contribution in [0.4, 0.5) is 27.8 Å². The lowest BCUT2D eigenvalue weighted by Crippen LogP contribution is -2.45. The molecule has 1 aliphatic carbocycles. The fraction of sp³-hybridized carbons (Fsp3) is 0.500. The smallest absolute Gasteiger partial charge is 0.388 e. The molecule has 2 unspecified atom stereocenters. The molecule has 1 aromatic carbocycles. The highest BCUT2D eigenvalue weighted by molar-refractivity contribution is 5.75. The topological polar surface area (TPSA) is 58.0 Å². The van der Waals surface area contributed by atoms with Gasteiger partial charge in [0.25, 0.3) is 0 Å². The van der Waals surface area contributed by atoms with E-state index >= 15 is 0 Å². The predicted molar refractivity (Wildman–Crippen MR) is 80.9 cm³/mol. The Morgan fingerprint density at radius 1 is 1.20 bits per heavy atom. The second-order valence-corrected chi connectivity index (χ2v) is 6.42. The summed E-state index contributed by atoms with van der Waals surface area (Å²) in [4.78, 5) is 7.98. The number of hydrogen-bond acceptors (Lipinski definition) is 4. The van der Waals surface area contributed by atoms with Crippen molar-refractivity contribution in [1.82, 2.24) is 9.97 Å². The van der Waals surface area contributed by atoms with Gasteiger partial charge in [-0.1, -0.05) is 0 Å². The van der Waals surface area contributed by atoms with Crippen LogP contribution >= 0.6 is 0 Å². The van der Waals surface area contributed by atoms with Gasteiger partial charge in [-0.05, 0) is 25.7 Å². The van der Waals surface area contributed by atoms with Crippen molar-refractivity contribution < 1.29 is 27.1 Å². The van der Waals surface area contributed by atoms with Gasteiger partial charge in [-0.15, -0.1) is 0 Å². The number of rotatable bonds is 3. The Morgan fingerprint density at radius 3 is 2.56 bits per heavy atom. The van der Waals surface area contributed by atoms with Crippen LogP contribution < -0.4 is 5.32 Å². The molecule has 25 heavy (non-hydrogen) atoms. The number of anilines is 1. The Hall–Kier alpha value is -2.03. The van der Waals surface area contributed by atoms with Crippen molar-refractivity contribution in [2.45, 2.75) is 37.5 Å². The van der Waals surface area contributed by atoms with Gasteiger partial charge in [-0.25, -0.2) is 13.8 Å². The quantitative estimate of drug-likeness (QED) is 0.817. The summed E-state index contributed by atoms with van der Waals surface area (Å²) in [7, 11) is 0. The third kappa shape index (κ3) is 3.97. The molecule has 1 aliphatic rings. The zero-order valence-corrected chi connectivity index (χ0v) is 13.1. The molecule has 0 bridgehead atoms. The third-order valence-electron chi connectivity index (χ3n) is 4.47. The number of fused-ring (bicyclic) bond motifs is 1. The highest BCUT2D eigenvalue weighted by Crippen LogP contribution is 2.41. The van der Waals surface area contributed by atoms with Crippen molar-refractivity contribution in [3.63, 3.8) is 0 Å². The van der Waals surface area contributed by atoms with Gasteiger partial charge in [-0.3, -0.25) is 4.98 Å². The van der Waals surface area contributed by atoms with Crippen LogP contribution in [0.2, 0.25) is 0 Å². The monoisotopic (exact) mass is 361 g/mol. The van der Waals surface area contributed by atoms with E-state index in [1.807, 2.05) is 0 Å². The minimum Gasteiger partial charge on any atom is -0.388 e. The Balaban J connectivity index is 1.72. The maximum Gasteiger partial charge on any atom is 0.391 e. The number of halogens is 5. The van der Waals surface area contributed by atoms with E-state index in [4.69, 9.17) is 0 Å². The van der Waals surface area contributed by atoms with Crippen molar-refractivity contribution in [2.75, 3.05) is 11.9 Å². The van der Waals surface area contributed by atoms with Crippen LogP contribution in [0.5, 0.6) is 0 Å². The summed E-state index contributed by atoms with van der Waals surface area (Å²) < 4.78 is 65.0. The van der Waals surface area contributed by atoms with Gasteiger partial charge in [0.2, 0.25) is 0 Å². The molecule has 0 aliphatic heterocycles. The van der Waals surface area contributed by atoms with E-state index in [-0.39, 0.29) is 49.1 Å². The summed E-state index contributed by atoms with van der Waals surface area (Å²) in [5.41, 5.74) is -1.26. The molecule has 0 amide bonds. The molecule has 9 heteroatoms. The second kappa shape index (κ2) is 6.36. The van der Waals surface area contributed by atoms with Gasteiger partial charge in [0.1, 0.15) is 5.82 Å². The van der Waals surface area contributed by atoms with Gasteiger partial charge in [0.15, 0.2) is 11.6 Å². The van der Waals surface area contributed by atoms with Crippen molar-refractivity contribution in [3.05, 3.63) is 30.0 Å². The highest BCUT2D eigenvalue weighted by atomic mass is 19.4. The van der Waals surface area contributed by atoms with E-state index in [1.54, 1.807) is 0 Å². The average Bonchev–Trinajstić information content (AvgIpc) is 2.53. The number of alkyl halides is 3. The first-order valence-electron chi connectivity index (χ1n) is 7.81. The molecule has 0 saturated heterocycles. The minimum atomic E-state index is -4.33. The lowest BCUT2D eigenvalue weighted by Gasteiger charge is -2.37. The number of aromatic nitrogens is 2. The number of benzene rings is 1. The fourth-order valence-corrected chi connectivity index (χ4v) is 3.13. The predicted octanol–water partition coefficient (Wildman–Crippen LogP) is 3.80. The molecule has 0 spiro atoms. The summed E-state index contributed by atoms with van der Waals surface area (Å²) in [6, 6.07) is 1.79. The normalized spacial score (nSPS) is 24.5. The van der Waals surface area contributed by atoms with Gasteiger partial charge in [-0.2, -0.15) is 13.2 Å². The minimum absolute atomic E-state index is 0.00638. The molecule has 2 aromatic rings. The van der Waals surface area contributed by atoms with Crippen LogP contribution in [-0.2, 0) is 0 Å². The van der Waals surface area contributed by atoms with Crippen LogP contribution in [0, 0.1) is 17.6 Å². The van der Waals surface area contributed by atoms with Gasteiger partial charge < -0.3 is 10.4 Å². The highest BCUT2D eigenvalue weighted by Gasteiger charge is 2.46. The third-order valence-corrected chi connectivity index (χ3v) is 4.47. The molecule has 1 aromatic heterocycles. The molecule has 1 fully saturated rings. The van der Waals surface area contributed by atoms with Crippen LogP contribution in [-0.4, -0.2) is 33.4 Å². The van der Waals surface area contributed by atoms with Gasteiger partial charge in [0.05, 0.1) is 28.7 Å². The molecule has 4 nitrogen and oxygen atoms in total. The summed E-state index contributed by atoms with van der Waals surface area (Å²) in [5, 5.41) is 13.2. The molecule has 3 rings (SSSR count). The maximum absolute atomic E-state index is 13.3. The lowest BCUT2D eigenvalue weighted by molar-refractivity contribution is -0.199.